The molecule has 7 rings (SSSR count). The van der Waals surface area contributed by atoms with Gasteiger partial charge in [-0.1, -0.05) is 0 Å². The highest BCUT2D eigenvalue weighted by molar-refractivity contribution is 5.77. The monoisotopic (exact) mass is 486 g/mol. The molecule has 184 valence electrons. The number of fused-ring (bicyclic) bond motifs is 1. The molecule has 3 aromatic heterocycles. The molecule has 0 aromatic carbocycles. The maximum atomic E-state index is 13.6. The maximum Gasteiger partial charge on any atom is 0.394 e. The highest BCUT2D eigenvalue weighted by atomic mass is 19.4. The van der Waals surface area contributed by atoms with Gasteiger partial charge in [0.2, 0.25) is 11.8 Å². The van der Waals surface area contributed by atoms with E-state index < -0.39 is 17.0 Å². The van der Waals surface area contributed by atoms with Crippen molar-refractivity contribution in [1.82, 2.24) is 24.9 Å². The Labute approximate surface area is 199 Å². The second-order valence-electron chi connectivity index (χ2n) is 9.96. The molecule has 1 saturated heterocycles. The van der Waals surface area contributed by atoms with Crippen molar-refractivity contribution in [1.29, 1.82) is 0 Å². The Balaban J connectivity index is 1.37. The highest BCUT2D eigenvalue weighted by Gasteiger charge is 2.79. The Hall–Kier alpha value is -3.08. The molecule has 0 N–H and O–H groups in total. The number of nitrogens with zero attached hydrogens (tertiary/aromatic N) is 6. The van der Waals surface area contributed by atoms with Gasteiger partial charge in [-0.25, -0.2) is 19.9 Å². The van der Waals surface area contributed by atoms with E-state index in [1.165, 1.54) is 0 Å². The van der Waals surface area contributed by atoms with Crippen LogP contribution in [0.5, 0.6) is 5.88 Å². The molecular formula is C24H25F3N6O2. The molecule has 3 saturated carbocycles. The SMILES string of the molecule is COc1cc([C@@H]2CN(c3nc4nc(C)c(C)nc4c([C@]45C[C@@](C(F)(F)F)(C4)C5)n3)CCO2)ccn1. The van der Waals surface area contributed by atoms with Gasteiger partial charge in [0.15, 0.2) is 5.65 Å². The van der Waals surface area contributed by atoms with Crippen molar-refractivity contribution in [3.05, 3.63) is 41.0 Å². The van der Waals surface area contributed by atoms with Crippen molar-refractivity contribution < 1.29 is 22.6 Å². The first-order valence-electron chi connectivity index (χ1n) is 11.6. The van der Waals surface area contributed by atoms with E-state index in [4.69, 9.17) is 19.4 Å². The maximum absolute atomic E-state index is 13.6. The third kappa shape index (κ3) is 3.35. The summed E-state index contributed by atoms with van der Waals surface area (Å²) >= 11 is 0. The lowest BCUT2D eigenvalue weighted by Crippen LogP contribution is -2.70. The number of rotatable bonds is 4. The van der Waals surface area contributed by atoms with Crippen LogP contribution in [-0.2, 0) is 10.2 Å². The molecule has 1 atom stereocenters. The third-order valence-corrected chi connectivity index (χ3v) is 7.75. The molecule has 11 heteroatoms. The van der Waals surface area contributed by atoms with Crippen LogP contribution in [-0.4, -0.2) is 57.9 Å². The zero-order valence-electron chi connectivity index (χ0n) is 19.7. The quantitative estimate of drug-likeness (QED) is 0.547. The van der Waals surface area contributed by atoms with Gasteiger partial charge in [0.25, 0.3) is 0 Å². The van der Waals surface area contributed by atoms with E-state index >= 15 is 0 Å². The highest BCUT2D eigenvalue weighted by Crippen LogP contribution is 2.78. The van der Waals surface area contributed by atoms with Crippen LogP contribution in [0.4, 0.5) is 19.1 Å². The lowest BCUT2D eigenvalue weighted by Gasteiger charge is -2.70. The summed E-state index contributed by atoms with van der Waals surface area (Å²) in [6.07, 6.45) is -2.63. The summed E-state index contributed by atoms with van der Waals surface area (Å²) in [5, 5.41) is 0. The molecule has 8 nitrogen and oxygen atoms in total. The lowest BCUT2D eigenvalue weighted by atomic mass is 9.34. The van der Waals surface area contributed by atoms with Crippen LogP contribution in [0, 0.1) is 19.3 Å². The second-order valence-corrected chi connectivity index (χ2v) is 9.96. The van der Waals surface area contributed by atoms with Crippen molar-refractivity contribution in [2.24, 2.45) is 5.41 Å². The van der Waals surface area contributed by atoms with Gasteiger partial charge in [-0.05, 0) is 44.7 Å². The Morgan fingerprint density at radius 2 is 1.83 bits per heavy atom. The van der Waals surface area contributed by atoms with Gasteiger partial charge in [-0.3, -0.25) is 0 Å². The number of alkyl halides is 3. The molecule has 0 amide bonds. The van der Waals surface area contributed by atoms with E-state index in [-0.39, 0.29) is 25.4 Å². The van der Waals surface area contributed by atoms with E-state index in [2.05, 4.69) is 15.0 Å². The van der Waals surface area contributed by atoms with Gasteiger partial charge >= 0.3 is 6.18 Å². The van der Waals surface area contributed by atoms with Gasteiger partial charge in [0.05, 0.1) is 42.8 Å². The van der Waals surface area contributed by atoms with E-state index in [9.17, 15) is 13.2 Å². The topological polar surface area (TPSA) is 86.2 Å². The fraction of sp³-hybridized carbons (Fsp3) is 0.542. The van der Waals surface area contributed by atoms with Crippen molar-refractivity contribution in [3.8, 4) is 5.88 Å². The summed E-state index contributed by atoms with van der Waals surface area (Å²) in [5.74, 6) is 0.945. The number of aryl methyl sites for hydroxylation is 2. The van der Waals surface area contributed by atoms with E-state index in [1.54, 1.807) is 13.3 Å². The normalized spacial score (nSPS) is 27.9. The second kappa shape index (κ2) is 7.46. The third-order valence-electron chi connectivity index (χ3n) is 7.75. The van der Waals surface area contributed by atoms with Gasteiger partial charge in [0, 0.05) is 24.2 Å². The fourth-order valence-corrected chi connectivity index (χ4v) is 5.72. The molecule has 4 fully saturated rings. The minimum absolute atomic E-state index is 0.0478. The first-order chi connectivity index (χ1) is 16.6. The molecule has 35 heavy (non-hydrogen) atoms. The summed E-state index contributed by atoms with van der Waals surface area (Å²) in [6, 6.07) is 3.70. The molecular weight excluding hydrogens is 461 g/mol. The predicted molar refractivity (Wildman–Crippen MR) is 120 cm³/mol. The molecule has 0 unspecified atom stereocenters. The van der Waals surface area contributed by atoms with Gasteiger partial charge in [-0.15, -0.1) is 0 Å². The van der Waals surface area contributed by atoms with Crippen LogP contribution in [0.1, 0.15) is 48.0 Å². The van der Waals surface area contributed by atoms with Crippen molar-refractivity contribution in [2.45, 2.75) is 50.8 Å². The Bertz CT molecular complexity index is 1310. The minimum atomic E-state index is -4.19. The van der Waals surface area contributed by atoms with Crippen molar-refractivity contribution in [3.63, 3.8) is 0 Å². The fourth-order valence-electron chi connectivity index (χ4n) is 5.72. The zero-order chi connectivity index (χ0) is 24.6. The average molecular weight is 486 g/mol. The van der Waals surface area contributed by atoms with Crippen LogP contribution in [0.3, 0.4) is 0 Å². The molecule has 0 spiro atoms. The van der Waals surface area contributed by atoms with Gasteiger partial charge < -0.3 is 14.4 Å². The zero-order valence-corrected chi connectivity index (χ0v) is 19.7. The largest absolute Gasteiger partial charge is 0.481 e. The number of pyridine rings is 1. The number of halogens is 3. The van der Waals surface area contributed by atoms with E-state index in [0.717, 1.165) is 17.0 Å². The van der Waals surface area contributed by atoms with Crippen LogP contribution < -0.4 is 9.64 Å². The number of aromatic nitrogens is 5. The summed E-state index contributed by atoms with van der Waals surface area (Å²) in [7, 11) is 1.56. The summed E-state index contributed by atoms with van der Waals surface area (Å²) in [5.41, 5.74) is 1.71. The summed E-state index contributed by atoms with van der Waals surface area (Å²) < 4.78 is 51.9. The van der Waals surface area contributed by atoms with Crippen LogP contribution >= 0.6 is 0 Å². The molecule has 4 heterocycles. The Morgan fingerprint density at radius 3 is 2.54 bits per heavy atom. The number of methoxy groups -OCH3 is 1. The summed E-state index contributed by atoms with van der Waals surface area (Å²) in [4.78, 5) is 25.0. The predicted octanol–water partition coefficient (Wildman–Crippen LogP) is 4.00. The van der Waals surface area contributed by atoms with Crippen LogP contribution in [0.2, 0.25) is 0 Å². The molecule has 3 aromatic rings. The first-order valence-corrected chi connectivity index (χ1v) is 11.6. The molecule has 1 aliphatic heterocycles. The van der Waals surface area contributed by atoms with Gasteiger partial charge in [0.1, 0.15) is 11.6 Å². The van der Waals surface area contributed by atoms with Crippen LogP contribution in [0.25, 0.3) is 11.2 Å². The Kier molecular flexibility index (Phi) is 4.77. The number of morpholine rings is 1. The summed E-state index contributed by atoms with van der Waals surface area (Å²) in [6.45, 7) is 5.18. The molecule has 3 aliphatic carbocycles. The van der Waals surface area contributed by atoms with E-state index in [0.29, 0.717) is 48.4 Å². The number of hydrogen-bond acceptors (Lipinski definition) is 8. The lowest BCUT2D eigenvalue weighted by molar-refractivity contribution is -0.337. The standard InChI is InChI=1S/C24H25F3N6O2/c1-13-14(2)30-20-18(29-13)19(22-10-23(11-22,12-22)24(25,26)27)31-21(32-20)33-6-7-35-16(9-33)15-4-5-28-17(8-15)34-3/h4-5,8,16H,6-7,9-12H2,1-3H3/t16-,22-,23-/m0/s1. The van der Waals surface area contributed by atoms with Gasteiger partial charge in [-0.2, -0.15) is 18.2 Å². The van der Waals surface area contributed by atoms with Crippen LogP contribution in [0.15, 0.2) is 18.3 Å². The number of ether oxygens (including phenoxy) is 2. The number of anilines is 1. The molecule has 2 bridgehead atoms. The van der Waals surface area contributed by atoms with Crippen molar-refractivity contribution in [2.75, 3.05) is 31.7 Å². The Morgan fingerprint density at radius 1 is 1.09 bits per heavy atom. The van der Waals surface area contributed by atoms with Crippen molar-refractivity contribution >= 4 is 17.1 Å². The average Bonchev–Trinajstić information content (AvgIpc) is 2.77. The smallest absolute Gasteiger partial charge is 0.394 e. The first kappa shape index (κ1) is 22.4. The number of hydrogen-bond donors (Lipinski definition) is 0. The van der Waals surface area contributed by atoms with E-state index in [1.807, 2.05) is 30.9 Å². The molecule has 4 aliphatic rings. The minimum Gasteiger partial charge on any atom is -0.481 e. The molecule has 0 radical (unpaired) electrons.